The van der Waals surface area contributed by atoms with Gasteiger partial charge in [0.2, 0.25) is 0 Å². The summed E-state index contributed by atoms with van der Waals surface area (Å²) in [6.45, 7) is 4.78. The molecule has 0 bridgehead atoms. The van der Waals surface area contributed by atoms with Crippen molar-refractivity contribution in [2.45, 2.75) is 187 Å². The van der Waals surface area contributed by atoms with E-state index in [4.69, 9.17) is 0 Å². The summed E-state index contributed by atoms with van der Waals surface area (Å²) in [7, 11) is 0. The van der Waals surface area contributed by atoms with E-state index in [2.05, 4.69) is 13.8 Å². The highest BCUT2D eigenvalue weighted by molar-refractivity contribution is 5.11. The second-order valence-electron chi connectivity index (χ2n) is 22.1. The third kappa shape index (κ3) is 5.40. The van der Waals surface area contributed by atoms with Gasteiger partial charge in [-0.3, -0.25) is 0 Å². The highest BCUT2D eigenvalue weighted by Crippen LogP contribution is 2.69. The zero-order chi connectivity index (χ0) is 32.9. The molecule has 1 nitrogen and oxygen atoms in total. The van der Waals surface area contributed by atoms with Crippen LogP contribution in [-0.2, 0) is 0 Å². The summed E-state index contributed by atoms with van der Waals surface area (Å²) in [6, 6.07) is 0. The summed E-state index contributed by atoms with van der Waals surface area (Å²) >= 11 is 0. The van der Waals surface area contributed by atoms with Crippen molar-refractivity contribution in [2.24, 2.45) is 112 Å². The summed E-state index contributed by atoms with van der Waals surface area (Å²) < 4.78 is 0. The molecule has 10 saturated carbocycles. The van der Waals surface area contributed by atoms with Gasteiger partial charge < -0.3 is 5.11 Å². The Morgan fingerprint density at radius 3 is 1.39 bits per heavy atom. The highest BCUT2D eigenvalue weighted by atomic mass is 16.3. The molecule has 0 amide bonds. The average Bonchev–Trinajstić information content (AvgIpc) is 3.42. The fraction of sp³-hybridized carbons (Fsp3) is 1.00. The molecule has 1 heteroatoms. The summed E-state index contributed by atoms with van der Waals surface area (Å²) in [5.41, 5.74) is 0.184. The van der Waals surface area contributed by atoms with Crippen molar-refractivity contribution >= 4 is 0 Å². The van der Waals surface area contributed by atoms with Crippen molar-refractivity contribution < 1.29 is 5.11 Å². The van der Waals surface area contributed by atoms with E-state index in [1.54, 1.807) is 128 Å². The van der Waals surface area contributed by atoms with Gasteiger partial charge in [0.1, 0.15) is 0 Å². The van der Waals surface area contributed by atoms with Crippen LogP contribution in [-0.4, -0.2) is 11.2 Å². The van der Waals surface area contributed by atoms with Crippen LogP contribution in [0.1, 0.15) is 181 Å². The minimum atomic E-state index is -0.127. The molecule has 10 aliphatic rings. The lowest BCUT2D eigenvalue weighted by molar-refractivity contribution is -0.138. The third-order valence-electron chi connectivity index (χ3n) is 21.2. The monoisotopic (exact) mass is 671 g/mol. The van der Waals surface area contributed by atoms with E-state index in [9.17, 15) is 5.11 Å². The van der Waals surface area contributed by atoms with Crippen molar-refractivity contribution in [3.05, 3.63) is 0 Å². The standard InChI is InChI=1S/C48H78O/c1-29(49)48(2)44-13-6-5-11-40(44)41-25-22-35(28-45(41)48)39-24-19-34-20-26-42-38(23-18-33-21-27-43(39)47(34)46(33)42)32-16-14-31(15-17-32)37-12-7-9-30-8-3-4-10-36(30)37/h29-47,49H,3-28H2,1-2H3. The molecule has 10 aliphatic carbocycles. The molecule has 276 valence electrons. The molecule has 18 atom stereocenters. The van der Waals surface area contributed by atoms with Gasteiger partial charge in [0.25, 0.3) is 0 Å². The Hall–Kier alpha value is -0.0400. The van der Waals surface area contributed by atoms with Crippen LogP contribution in [0.4, 0.5) is 0 Å². The van der Waals surface area contributed by atoms with Crippen LogP contribution in [0.5, 0.6) is 0 Å². The molecule has 1 N–H and O–H groups in total. The molecule has 0 aromatic carbocycles. The summed E-state index contributed by atoms with van der Waals surface area (Å²) in [5, 5.41) is 11.4. The van der Waals surface area contributed by atoms with E-state index < -0.39 is 0 Å². The summed E-state index contributed by atoms with van der Waals surface area (Å²) in [5.74, 6) is 18.7. The smallest absolute Gasteiger partial charge is 0.0571 e. The Bertz CT molecular complexity index is 1150. The molecule has 10 fully saturated rings. The van der Waals surface area contributed by atoms with Crippen LogP contribution in [0.2, 0.25) is 0 Å². The first-order valence-electron chi connectivity index (χ1n) is 23.7. The molecule has 0 spiro atoms. The zero-order valence-electron chi connectivity index (χ0n) is 32.3. The van der Waals surface area contributed by atoms with Crippen LogP contribution in [0, 0.1) is 112 Å². The van der Waals surface area contributed by atoms with E-state index in [0.29, 0.717) is 0 Å². The van der Waals surface area contributed by atoms with Crippen molar-refractivity contribution in [3.63, 3.8) is 0 Å². The van der Waals surface area contributed by atoms with Gasteiger partial charge in [-0.1, -0.05) is 51.9 Å². The van der Waals surface area contributed by atoms with Gasteiger partial charge in [0, 0.05) is 0 Å². The molecule has 0 aliphatic heterocycles. The predicted molar refractivity (Wildman–Crippen MR) is 203 cm³/mol. The number of hydrogen-bond donors (Lipinski definition) is 1. The minimum Gasteiger partial charge on any atom is -0.393 e. The Kier molecular flexibility index (Phi) is 9.14. The van der Waals surface area contributed by atoms with Gasteiger partial charge in [-0.05, 0) is 241 Å². The first kappa shape index (κ1) is 33.5. The van der Waals surface area contributed by atoms with E-state index in [1.165, 1.54) is 38.5 Å². The van der Waals surface area contributed by atoms with Gasteiger partial charge in [-0.15, -0.1) is 0 Å². The zero-order valence-corrected chi connectivity index (χ0v) is 32.3. The van der Waals surface area contributed by atoms with Crippen LogP contribution >= 0.6 is 0 Å². The third-order valence-corrected chi connectivity index (χ3v) is 21.2. The number of aliphatic hydroxyl groups is 1. The Balaban J connectivity index is 0.835. The van der Waals surface area contributed by atoms with Gasteiger partial charge in [0.05, 0.1) is 6.10 Å². The fourth-order valence-electron chi connectivity index (χ4n) is 19.3. The molecule has 0 heterocycles. The Morgan fingerprint density at radius 1 is 0.367 bits per heavy atom. The number of rotatable bonds is 4. The average molecular weight is 671 g/mol. The van der Waals surface area contributed by atoms with Crippen molar-refractivity contribution in [1.82, 2.24) is 0 Å². The molecule has 0 aromatic rings. The van der Waals surface area contributed by atoms with Gasteiger partial charge >= 0.3 is 0 Å². The molecular formula is C48H78O. The minimum absolute atomic E-state index is 0.127. The lowest BCUT2D eigenvalue weighted by Gasteiger charge is -2.63. The van der Waals surface area contributed by atoms with Crippen LogP contribution in [0.3, 0.4) is 0 Å². The predicted octanol–water partition coefficient (Wildman–Crippen LogP) is 12.7. The molecule has 10 rings (SSSR count). The Morgan fingerprint density at radius 2 is 0.755 bits per heavy atom. The normalized spacial score (nSPS) is 57.6. The van der Waals surface area contributed by atoms with E-state index in [-0.39, 0.29) is 11.5 Å². The summed E-state index contributed by atoms with van der Waals surface area (Å²) in [6.07, 6.45) is 40.5. The first-order valence-corrected chi connectivity index (χ1v) is 23.7. The molecule has 0 aromatic heterocycles. The molecule has 49 heavy (non-hydrogen) atoms. The van der Waals surface area contributed by atoms with E-state index in [0.717, 1.165) is 107 Å². The van der Waals surface area contributed by atoms with Gasteiger partial charge in [0.15, 0.2) is 0 Å². The van der Waals surface area contributed by atoms with Crippen molar-refractivity contribution in [3.8, 4) is 0 Å². The van der Waals surface area contributed by atoms with Crippen LogP contribution in [0.25, 0.3) is 0 Å². The maximum atomic E-state index is 11.4. The summed E-state index contributed by atoms with van der Waals surface area (Å²) in [4.78, 5) is 0. The molecule has 18 unspecified atom stereocenters. The number of hydrogen-bond acceptors (Lipinski definition) is 1. The second-order valence-corrected chi connectivity index (χ2v) is 22.1. The number of fused-ring (bicyclic) bond motifs is 4. The topological polar surface area (TPSA) is 20.2 Å². The van der Waals surface area contributed by atoms with Crippen molar-refractivity contribution in [2.75, 3.05) is 0 Å². The molecule has 0 saturated heterocycles. The molecular weight excluding hydrogens is 593 g/mol. The van der Waals surface area contributed by atoms with E-state index >= 15 is 0 Å². The van der Waals surface area contributed by atoms with Crippen LogP contribution in [0.15, 0.2) is 0 Å². The van der Waals surface area contributed by atoms with Crippen LogP contribution < -0.4 is 0 Å². The first-order chi connectivity index (χ1) is 24.0. The lowest BCUT2D eigenvalue weighted by atomic mass is 9.42. The highest BCUT2D eigenvalue weighted by Gasteiger charge is 2.62. The fourth-order valence-corrected chi connectivity index (χ4v) is 19.3. The van der Waals surface area contributed by atoms with E-state index in [1.807, 2.05) is 0 Å². The lowest BCUT2D eigenvalue weighted by Crippen LogP contribution is -2.55. The SMILES string of the molecule is CC(O)C1(C)C2CCCCC2C2CCC(C3CCC4CCC5C(C6CCC(C7CCCC8CCCCC87)CC6)CCC6CCC3C4C65)CC21. The maximum absolute atomic E-state index is 11.4. The second kappa shape index (κ2) is 13.4. The number of aliphatic hydroxyl groups excluding tert-OH is 1. The quantitative estimate of drug-likeness (QED) is 0.316. The largest absolute Gasteiger partial charge is 0.393 e. The van der Waals surface area contributed by atoms with Gasteiger partial charge in [-0.2, -0.15) is 0 Å². The van der Waals surface area contributed by atoms with Gasteiger partial charge in [-0.25, -0.2) is 0 Å². The van der Waals surface area contributed by atoms with Crippen molar-refractivity contribution in [1.29, 1.82) is 0 Å². The maximum Gasteiger partial charge on any atom is 0.0571 e. The molecule has 0 radical (unpaired) electrons. The Labute approximate surface area is 303 Å².